The molecular weight excluding hydrogens is 204 g/mol. The lowest BCUT2D eigenvalue weighted by Gasteiger charge is -2.35. The molecule has 1 unspecified atom stereocenters. The summed E-state index contributed by atoms with van der Waals surface area (Å²) in [6.07, 6.45) is 0. The summed E-state index contributed by atoms with van der Waals surface area (Å²) in [5, 5.41) is 0. The van der Waals surface area contributed by atoms with Gasteiger partial charge in [0.05, 0.1) is 0 Å². The molecule has 0 saturated heterocycles. The molecule has 0 N–H and O–H groups in total. The Morgan fingerprint density at radius 1 is 1.53 bits per heavy atom. The van der Waals surface area contributed by atoms with Crippen LogP contribution < -0.4 is 4.74 Å². The van der Waals surface area contributed by atoms with Gasteiger partial charge >= 0.3 is 0 Å². The van der Waals surface area contributed by atoms with Crippen LogP contribution in [-0.4, -0.2) is 11.4 Å². The van der Waals surface area contributed by atoms with E-state index < -0.39 is 0 Å². The SMILES string of the molecule is C=C(C)C1(C)CSc2cc(C)ccc2O1. The van der Waals surface area contributed by atoms with Gasteiger partial charge in [0.15, 0.2) is 0 Å². The van der Waals surface area contributed by atoms with Crippen LogP contribution in [0.4, 0.5) is 0 Å². The fourth-order valence-electron chi connectivity index (χ4n) is 1.51. The number of hydrogen-bond donors (Lipinski definition) is 0. The lowest BCUT2D eigenvalue weighted by Crippen LogP contribution is -2.38. The smallest absolute Gasteiger partial charge is 0.136 e. The first-order valence-electron chi connectivity index (χ1n) is 5.10. The van der Waals surface area contributed by atoms with Crippen molar-refractivity contribution in [2.45, 2.75) is 31.3 Å². The highest BCUT2D eigenvalue weighted by atomic mass is 32.2. The van der Waals surface area contributed by atoms with Crippen molar-refractivity contribution < 1.29 is 4.74 Å². The van der Waals surface area contributed by atoms with Crippen molar-refractivity contribution in [3.8, 4) is 5.75 Å². The molecule has 0 fully saturated rings. The fourth-order valence-corrected chi connectivity index (χ4v) is 2.77. The Morgan fingerprint density at radius 3 is 2.93 bits per heavy atom. The van der Waals surface area contributed by atoms with Gasteiger partial charge in [-0.25, -0.2) is 0 Å². The minimum atomic E-state index is -0.215. The zero-order valence-electron chi connectivity index (χ0n) is 9.46. The first-order valence-corrected chi connectivity index (χ1v) is 6.08. The van der Waals surface area contributed by atoms with E-state index in [1.165, 1.54) is 10.5 Å². The second kappa shape index (κ2) is 3.60. The molecule has 1 aromatic carbocycles. The van der Waals surface area contributed by atoms with E-state index >= 15 is 0 Å². The van der Waals surface area contributed by atoms with Crippen LogP contribution in [0, 0.1) is 6.92 Å². The highest BCUT2D eigenvalue weighted by Crippen LogP contribution is 2.41. The molecule has 2 rings (SSSR count). The molecule has 1 heterocycles. The lowest BCUT2D eigenvalue weighted by molar-refractivity contribution is 0.145. The minimum absolute atomic E-state index is 0.215. The summed E-state index contributed by atoms with van der Waals surface area (Å²) in [6, 6.07) is 6.32. The van der Waals surface area contributed by atoms with Gasteiger partial charge in [0.1, 0.15) is 11.4 Å². The van der Waals surface area contributed by atoms with E-state index in [4.69, 9.17) is 4.74 Å². The van der Waals surface area contributed by atoms with Crippen molar-refractivity contribution in [3.05, 3.63) is 35.9 Å². The normalized spacial score (nSPS) is 24.2. The molecule has 0 aromatic heterocycles. The van der Waals surface area contributed by atoms with Crippen LogP contribution >= 0.6 is 11.8 Å². The maximum absolute atomic E-state index is 6.02. The van der Waals surface area contributed by atoms with E-state index in [1.807, 2.05) is 18.7 Å². The van der Waals surface area contributed by atoms with E-state index in [2.05, 4.69) is 38.6 Å². The fraction of sp³-hybridized carbons (Fsp3) is 0.385. The summed E-state index contributed by atoms with van der Waals surface area (Å²) in [4.78, 5) is 1.24. The molecule has 1 aliphatic rings. The first kappa shape index (κ1) is 10.6. The van der Waals surface area contributed by atoms with Crippen molar-refractivity contribution in [3.63, 3.8) is 0 Å². The Kier molecular flexibility index (Phi) is 2.55. The molecule has 0 saturated carbocycles. The Morgan fingerprint density at radius 2 is 2.27 bits per heavy atom. The maximum atomic E-state index is 6.02. The Balaban J connectivity index is 2.35. The number of fused-ring (bicyclic) bond motifs is 1. The van der Waals surface area contributed by atoms with E-state index in [9.17, 15) is 0 Å². The third kappa shape index (κ3) is 1.91. The summed E-state index contributed by atoms with van der Waals surface area (Å²) in [5.74, 6) is 1.93. The molecule has 0 amide bonds. The number of thioether (sulfide) groups is 1. The topological polar surface area (TPSA) is 9.23 Å². The molecule has 1 atom stereocenters. The van der Waals surface area contributed by atoms with Gasteiger partial charge in [-0.15, -0.1) is 11.8 Å². The predicted molar refractivity (Wildman–Crippen MR) is 65.8 cm³/mol. The first-order chi connectivity index (χ1) is 7.01. The Bertz CT molecular complexity index is 411. The predicted octanol–water partition coefficient (Wildman–Crippen LogP) is 3.81. The molecule has 0 spiro atoms. The van der Waals surface area contributed by atoms with Gasteiger partial charge in [-0.3, -0.25) is 0 Å². The van der Waals surface area contributed by atoms with Crippen LogP contribution in [0.5, 0.6) is 5.75 Å². The molecule has 80 valence electrons. The van der Waals surface area contributed by atoms with Crippen LogP contribution in [0.25, 0.3) is 0 Å². The van der Waals surface area contributed by atoms with Crippen molar-refractivity contribution in [2.24, 2.45) is 0 Å². The van der Waals surface area contributed by atoms with E-state index in [1.54, 1.807) is 0 Å². The zero-order valence-corrected chi connectivity index (χ0v) is 10.3. The van der Waals surface area contributed by atoms with Crippen LogP contribution in [-0.2, 0) is 0 Å². The second-order valence-electron chi connectivity index (χ2n) is 4.35. The monoisotopic (exact) mass is 220 g/mol. The maximum Gasteiger partial charge on any atom is 0.136 e. The number of benzene rings is 1. The van der Waals surface area contributed by atoms with Crippen LogP contribution in [0.3, 0.4) is 0 Å². The molecule has 1 aromatic rings. The van der Waals surface area contributed by atoms with Gasteiger partial charge < -0.3 is 4.74 Å². The summed E-state index contributed by atoms with van der Waals surface area (Å²) >= 11 is 1.85. The molecule has 0 radical (unpaired) electrons. The van der Waals surface area contributed by atoms with Gasteiger partial charge in [0, 0.05) is 10.6 Å². The number of aryl methyl sites for hydroxylation is 1. The third-order valence-electron chi connectivity index (χ3n) is 2.84. The number of rotatable bonds is 1. The highest BCUT2D eigenvalue weighted by molar-refractivity contribution is 7.99. The van der Waals surface area contributed by atoms with Crippen molar-refractivity contribution >= 4 is 11.8 Å². The standard InChI is InChI=1S/C13H16OS/c1-9(2)13(4)8-15-12-7-10(3)5-6-11(12)14-13/h5-7H,1,8H2,2-4H3. The molecule has 0 bridgehead atoms. The summed E-state index contributed by atoms with van der Waals surface area (Å²) < 4.78 is 6.02. The van der Waals surface area contributed by atoms with Crippen molar-refractivity contribution in [2.75, 3.05) is 5.75 Å². The quantitative estimate of drug-likeness (QED) is 0.665. The summed E-state index contributed by atoms with van der Waals surface area (Å²) in [5.41, 5.74) is 2.15. The number of hydrogen-bond acceptors (Lipinski definition) is 2. The average Bonchev–Trinajstić information content (AvgIpc) is 2.18. The summed E-state index contributed by atoms with van der Waals surface area (Å²) in [6.45, 7) is 10.2. The van der Waals surface area contributed by atoms with E-state index in [0.717, 1.165) is 17.1 Å². The Labute approximate surface area is 95.5 Å². The summed E-state index contributed by atoms with van der Waals surface area (Å²) in [7, 11) is 0. The van der Waals surface area contributed by atoms with Crippen molar-refractivity contribution in [1.29, 1.82) is 0 Å². The van der Waals surface area contributed by atoms with Gasteiger partial charge in [0.25, 0.3) is 0 Å². The third-order valence-corrected chi connectivity index (χ3v) is 4.17. The molecular formula is C13H16OS. The Hall–Kier alpha value is -0.890. The van der Waals surface area contributed by atoms with Crippen LogP contribution in [0.15, 0.2) is 35.2 Å². The molecule has 0 aliphatic carbocycles. The number of ether oxygens (including phenoxy) is 1. The van der Waals surface area contributed by atoms with Crippen LogP contribution in [0.1, 0.15) is 19.4 Å². The molecule has 2 heteroatoms. The lowest BCUT2D eigenvalue weighted by atomic mass is 10.0. The molecule has 1 aliphatic heterocycles. The van der Waals surface area contributed by atoms with Gasteiger partial charge in [-0.05, 0) is 44.0 Å². The van der Waals surface area contributed by atoms with Crippen LogP contribution in [0.2, 0.25) is 0 Å². The average molecular weight is 220 g/mol. The largest absolute Gasteiger partial charge is 0.481 e. The zero-order chi connectivity index (χ0) is 11.1. The van der Waals surface area contributed by atoms with E-state index in [0.29, 0.717) is 0 Å². The minimum Gasteiger partial charge on any atom is -0.481 e. The second-order valence-corrected chi connectivity index (χ2v) is 5.37. The van der Waals surface area contributed by atoms with Gasteiger partial charge in [0.2, 0.25) is 0 Å². The van der Waals surface area contributed by atoms with Gasteiger partial charge in [-0.2, -0.15) is 0 Å². The molecule has 15 heavy (non-hydrogen) atoms. The molecule has 1 nitrogen and oxygen atoms in total. The van der Waals surface area contributed by atoms with E-state index in [-0.39, 0.29) is 5.60 Å². The van der Waals surface area contributed by atoms with Gasteiger partial charge in [-0.1, -0.05) is 12.6 Å². The van der Waals surface area contributed by atoms with Crippen molar-refractivity contribution in [1.82, 2.24) is 0 Å². The highest BCUT2D eigenvalue weighted by Gasteiger charge is 2.32.